The molecule has 0 aliphatic carbocycles. The highest BCUT2D eigenvalue weighted by Gasteiger charge is 2.09. The van der Waals surface area contributed by atoms with Crippen LogP contribution in [0.1, 0.15) is 18.2 Å². The Balaban J connectivity index is 2.64. The van der Waals surface area contributed by atoms with E-state index in [-0.39, 0.29) is 5.82 Å². The number of hydrogen-bond donors (Lipinski definition) is 1. The Morgan fingerprint density at radius 3 is 2.78 bits per heavy atom. The van der Waals surface area contributed by atoms with E-state index in [0.29, 0.717) is 10.5 Å². The van der Waals surface area contributed by atoms with E-state index in [0.717, 1.165) is 27.7 Å². The summed E-state index contributed by atoms with van der Waals surface area (Å²) in [7, 11) is 0. The Bertz CT molecular complexity index is 652. The smallest absolute Gasteiger partial charge is 0.144 e. The van der Waals surface area contributed by atoms with Gasteiger partial charge in [0.2, 0.25) is 0 Å². The Morgan fingerprint density at radius 1 is 1.44 bits per heavy atom. The summed E-state index contributed by atoms with van der Waals surface area (Å²) in [5.74, 6) is 0.431. The first kappa shape index (κ1) is 13.4. The predicted molar refractivity (Wildman–Crippen MR) is 76.6 cm³/mol. The summed E-state index contributed by atoms with van der Waals surface area (Å²) in [6, 6.07) is 4.63. The summed E-state index contributed by atoms with van der Waals surface area (Å²) >= 11 is 8.63. The van der Waals surface area contributed by atoms with Gasteiger partial charge in [-0.25, -0.2) is 9.37 Å². The molecule has 0 saturated heterocycles. The van der Waals surface area contributed by atoms with Gasteiger partial charge < -0.3 is 4.98 Å². The van der Waals surface area contributed by atoms with E-state index in [4.69, 9.17) is 12.2 Å². The molecule has 2 aromatic rings. The maximum absolute atomic E-state index is 13.1. The van der Waals surface area contributed by atoms with Crippen molar-refractivity contribution >= 4 is 28.1 Å². The summed E-state index contributed by atoms with van der Waals surface area (Å²) in [5.41, 5.74) is 2.69. The zero-order valence-electron chi connectivity index (χ0n) is 10.1. The first-order valence-electron chi connectivity index (χ1n) is 5.58. The van der Waals surface area contributed by atoms with Gasteiger partial charge in [0.1, 0.15) is 16.3 Å². The van der Waals surface area contributed by atoms with Crippen LogP contribution in [-0.4, -0.2) is 9.97 Å². The molecule has 2 rings (SSSR count). The van der Waals surface area contributed by atoms with Crippen molar-refractivity contribution in [3.05, 3.63) is 44.4 Å². The summed E-state index contributed by atoms with van der Waals surface area (Å²) in [4.78, 5) is 7.56. The lowest BCUT2D eigenvalue weighted by molar-refractivity contribution is 0.627. The number of benzene rings is 1. The second-order valence-corrected chi connectivity index (χ2v) is 5.18. The van der Waals surface area contributed by atoms with Crippen molar-refractivity contribution in [1.29, 1.82) is 0 Å². The Hall–Kier alpha value is -1.07. The number of aromatic nitrogens is 2. The summed E-state index contributed by atoms with van der Waals surface area (Å²) < 4.78 is 14.4. The van der Waals surface area contributed by atoms with Crippen LogP contribution in [0, 0.1) is 17.4 Å². The van der Waals surface area contributed by atoms with Crippen LogP contribution in [-0.2, 0) is 6.42 Å². The number of nitrogens with one attached hydrogen (secondary N) is 1. The minimum absolute atomic E-state index is 0.248. The molecule has 0 bridgehead atoms. The molecule has 94 valence electrons. The van der Waals surface area contributed by atoms with Crippen molar-refractivity contribution in [2.24, 2.45) is 0 Å². The van der Waals surface area contributed by atoms with Crippen LogP contribution in [0.25, 0.3) is 11.4 Å². The molecule has 0 aliphatic heterocycles. The van der Waals surface area contributed by atoms with Crippen molar-refractivity contribution in [1.82, 2.24) is 9.97 Å². The van der Waals surface area contributed by atoms with Crippen LogP contribution in [0.5, 0.6) is 0 Å². The third-order valence-electron chi connectivity index (χ3n) is 2.73. The first-order chi connectivity index (χ1) is 8.52. The largest absolute Gasteiger partial charge is 0.342 e. The van der Waals surface area contributed by atoms with Crippen molar-refractivity contribution in [3.63, 3.8) is 0 Å². The van der Waals surface area contributed by atoms with Crippen molar-refractivity contribution in [3.8, 4) is 11.4 Å². The SMILES string of the molecule is CCc1[nH]c(-c2ccc(F)cc2C)nc(=S)c1Br. The fourth-order valence-electron chi connectivity index (χ4n) is 1.77. The van der Waals surface area contributed by atoms with E-state index in [1.165, 1.54) is 12.1 Å². The molecule has 0 amide bonds. The average molecular weight is 327 g/mol. The Kier molecular flexibility index (Phi) is 3.92. The number of halogens is 2. The maximum atomic E-state index is 13.1. The monoisotopic (exact) mass is 326 g/mol. The maximum Gasteiger partial charge on any atom is 0.144 e. The highest BCUT2D eigenvalue weighted by Crippen LogP contribution is 2.24. The van der Waals surface area contributed by atoms with Gasteiger partial charge in [0.25, 0.3) is 0 Å². The molecule has 1 heterocycles. The Labute approximate surface area is 118 Å². The number of rotatable bonds is 2. The topological polar surface area (TPSA) is 28.7 Å². The molecule has 0 radical (unpaired) electrons. The fraction of sp³-hybridized carbons (Fsp3) is 0.231. The molecule has 0 saturated carbocycles. The van der Waals surface area contributed by atoms with Gasteiger partial charge in [-0.05, 0) is 53.0 Å². The third kappa shape index (κ3) is 2.52. The van der Waals surface area contributed by atoms with Gasteiger partial charge in [-0.3, -0.25) is 0 Å². The highest BCUT2D eigenvalue weighted by atomic mass is 79.9. The number of hydrogen-bond acceptors (Lipinski definition) is 2. The molecule has 0 unspecified atom stereocenters. The number of H-pyrrole nitrogens is 1. The molecular weight excluding hydrogens is 315 g/mol. The molecular formula is C13H12BrFN2S. The minimum atomic E-state index is -0.248. The van der Waals surface area contributed by atoms with E-state index < -0.39 is 0 Å². The normalized spacial score (nSPS) is 10.7. The molecule has 0 atom stereocenters. The van der Waals surface area contributed by atoms with Crippen LogP contribution in [0.15, 0.2) is 22.7 Å². The zero-order chi connectivity index (χ0) is 13.3. The molecule has 18 heavy (non-hydrogen) atoms. The fourth-order valence-corrected chi connectivity index (χ4v) is 2.45. The zero-order valence-corrected chi connectivity index (χ0v) is 12.5. The van der Waals surface area contributed by atoms with Gasteiger partial charge in [-0.15, -0.1) is 0 Å². The van der Waals surface area contributed by atoms with Gasteiger partial charge in [-0.2, -0.15) is 0 Å². The molecule has 0 fully saturated rings. The van der Waals surface area contributed by atoms with Gasteiger partial charge in [0, 0.05) is 11.3 Å². The van der Waals surface area contributed by atoms with Gasteiger partial charge in [-0.1, -0.05) is 19.1 Å². The highest BCUT2D eigenvalue weighted by molar-refractivity contribution is 9.10. The second kappa shape index (κ2) is 5.28. The van der Waals surface area contributed by atoms with Gasteiger partial charge in [0.15, 0.2) is 0 Å². The molecule has 1 aromatic heterocycles. The minimum Gasteiger partial charge on any atom is -0.342 e. The molecule has 0 spiro atoms. The van der Waals surface area contributed by atoms with Gasteiger partial charge >= 0.3 is 0 Å². The number of aromatic amines is 1. The van der Waals surface area contributed by atoms with Crippen molar-refractivity contribution < 1.29 is 4.39 Å². The third-order valence-corrected chi connectivity index (χ3v) is 4.14. The second-order valence-electron chi connectivity index (χ2n) is 4.00. The molecule has 0 aliphatic rings. The molecule has 1 N–H and O–H groups in total. The average Bonchev–Trinajstić information content (AvgIpc) is 2.32. The lowest BCUT2D eigenvalue weighted by atomic mass is 10.1. The van der Waals surface area contributed by atoms with E-state index in [1.807, 2.05) is 13.8 Å². The van der Waals surface area contributed by atoms with E-state index in [9.17, 15) is 4.39 Å². The summed E-state index contributed by atoms with van der Waals surface area (Å²) in [5, 5.41) is 0. The number of aryl methyl sites for hydroxylation is 2. The lowest BCUT2D eigenvalue weighted by Gasteiger charge is -2.09. The van der Waals surface area contributed by atoms with Crippen molar-refractivity contribution in [2.45, 2.75) is 20.3 Å². The molecule has 1 aromatic carbocycles. The quantitative estimate of drug-likeness (QED) is 0.818. The molecule has 2 nitrogen and oxygen atoms in total. The molecule has 5 heteroatoms. The van der Waals surface area contributed by atoms with Crippen LogP contribution < -0.4 is 0 Å². The standard InChI is InChI=1S/C13H12BrFN2S/c1-3-10-11(14)13(18)17-12(16-10)9-5-4-8(15)6-7(9)2/h4-6H,3H2,1-2H3,(H,16,17,18). The van der Waals surface area contributed by atoms with E-state index >= 15 is 0 Å². The van der Waals surface area contributed by atoms with Crippen molar-refractivity contribution in [2.75, 3.05) is 0 Å². The summed E-state index contributed by atoms with van der Waals surface area (Å²) in [6.45, 7) is 3.89. The summed E-state index contributed by atoms with van der Waals surface area (Å²) in [6.07, 6.45) is 0.819. The van der Waals surface area contributed by atoms with Crippen LogP contribution in [0.3, 0.4) is 0 Å². The Morgan fingerprint density at radius 2 is 2.17 bits per heavy atom. The lowest BCUT2D eigenvalue weighted by Crippen LogP contribution is -1.98. The van der Waals surface area contributed by atoms with Crippen LogP contribution in [0.2, 0.25) is 0 Å². The predicted octanol–water partition coefficient (Wildman–Crippen LogP) is 4.58. The first-order valence-corrected chi connectivity index (χ1v) is 6.78. The number of nitrogens with zero attached hydrogens (tertiary/aromatic N) is 1. The van der Waals surface area contributed by atoms with E-state index in [2.05, 4.69) is 25.9 Å². The van der Waals surface area contributed by atoms with E-state index in [1.54, 1.807) is 6.07 Å². The van der Waals surface area contributed by atoms with Crippen LogP contribution >= 0.6 is 28.1 Å². The van der Waals surface area contributed by atoms with Crippen LogP contribution in [0.4, 0.5) is 4.39 Å². The van der Waals surface area contributed by atoms with Gasteiger partial charge in [0.05, 0.1) is 4.47 Å².